The van der Waals surface area contributed by atoms with Gasteiger partial charge in [0, 0.05) is 38.4 Å². The third-order valence-electron chi connectivity index (χ3n) is 11.8. The molecule has 280 valence electrons. The Labute approximate surface area is 346 Å². The molecule has 12 aromatic rings. The molecule has 0 atom stereocenters. The van der Waals surface area contributed by atoms with E-state index in [2.05, 4.69) is 197 Å². The highest BCUT2D eigenvalue weighted by molar-refractivity contribution is 6.33. The minimum Gasteiger partial charge on any atom is -0.309 e. The van der Waals surface area contributed by atoms with Crippen molar-refractivity contribution < 1.29 is 0 Å². The summed E-state index contributed by atoms with van der Waals surface area (Å²) < 4.78 is 4.66. The van der Waals surface area contributed by atoms with E-state index in [-0.39, 0.29) is 0 Å². The Balaban J connectivity index is 1.17. The van der Waals surface area contributed by atoms with Crippen LogP contribution in [0.4, 0.5) is 0 Å². The fourth-order valence-corrected chi connectivity index (χ4v) is 9.06. The Kier molecular flexibility index (Phi) is 7.78. The quantitative estimate of drug-likeness (QED) is 0.169. The lowest BCUT2D eigenvalue weighted by atomic mass is 10.0. The molecule has 3 heterocycles. The van der Waals surface area contributed by atoms with Crippen LogP contribution in [0.25, 0.3) is 111 Å². The molecular formula is C55H35N5. The van der Waals surface area contributed by atoms with E-state index >= 15 is 0 Å². The molecular weight excluding hydrogens is 731 g/mol. The predicted molar refractivity (Wildman–Crippen MR) is 248 cm³/mol. The van der Waals surface area contributed by atoms with Gasteiger partial charge in [-0.3, -0.25) is 4.57 Å². The van der Waals surface area contributed by atoms with E-state index in [0.717, 1.165) is 50.0 Å². The maximum absolute atomic E-state index is 5.36. The summed E-state index contributed by atoms with van der Waals surface area (Å²) in [6.45, 7) is 0. The summed E-state index contributed by atoms with van der Waals surface area (Å²) in [4.78, 5) is 15.8. The SMILES string of the molecule is c1ccc(-c2cccc(-c3nc(-c4ccccc4)nc(-n4c5ccc6ccccc6c5c5c6c7ccccc7n(-c7cccc(-c8ccccc8)c7)c6ccc54)n3)c2)cc1. The van der Waals surface area contributed by atoms with Crippen LogP contribution in [0.2, 0.25) is 0 Å². The van der Waals surface area contributed by atoms with Gasteiger partial charge in [0.2, 0.25) is 5.95 Å². The van der Waals surface area contributed by atoms with Gasteiger partial charge in [-0.25, -0.2) is 4.98 Å². The average molecular weight is 766 g/mol. The lowest BCUT2D eigenvalue weighted by Gasteiger charge is -2.12. The Morgan fingerprint density at radius 3 is 1.52 bits per heavy atom. The third kappa shape index (κ3) is 5.44. The summed E-state index contributed by atoms with van der Waals surface area (Å²) in [5.41, 5.74) is 11.9. The van der Waals surface area contributed by atoms with Crippen LogP contribution >= 0.6 is 0 Å². The second-order valence-electron chi connectivity index (χ2n) is 15.2. The predicted octanol–water partition coefficient (Wildman–Crippen LogP) is 13.9. The molecule has 60 heavy (non-hydrogen) atoms. The molecule has 3 aromatic heterocycles. The molecule has 0 N–H and O–H groups in total. The number of benzene rings is 9. The van der Waals surface area contributed by atoms with E-state index in [1.165, 1.54) is 43.4 Å². The number of hydrogen-bond donors (Lipinski definition) is 0. The molecule has 12 rings (SSSR count). The van der Waals surface area contributed by atoms with Crippen molar-refractivity contribution in [2.75, 3.05) is 0 Å². The molecule has 0 fully saturated rings. The van der Waals surface area contributed by atoms with Crippen LogP contribution < -0.4 is 0 Å². The molecule has 0 aliphatic carbocycles. The summed E-state index contributed by atoms with van der Waals surface area (Å²) >= 11 is 0. The number of rotatable bonds is 6. The van der Waals surface area contributed by atoms with Gasteiger partial charge in [-0.1, -0.05) is 170 Å². The minimum atomic E-state index is 0.567. The van der Waals surface area contributed by atoms with Crippen LogP contribution in [0.3, 0.4) is 0 Å². The molecule has 9 aromatic carbocycles. The summed E-state index contributed by atoms with van der Waals surface area (Å²) in [5.74, 6) is 1.80. The largest absolute Gasteiger partial charge is 0.309 e. The summed E-state index contributed by atoms with van der Waals surface area (Å²) in [6.07, 6.45) is 0. The highest BCUT2D eigenvalue weighted by Crippen LogP contribution is 2.44. The molecule has 0 bridgehead atoms. The van der Waals surface area contributed by atoms with Gasteiger partial charge in [-0.15, -0.1) is 0 Å². The average Bonchev–Trinajstić information content (AvgIpc) is 3.86. The van der Waals surface area contributed by atoms with Gasteiger partial charge in [-0.2, -0.15) is 9.97 Å². The van der Waals surface area contributed by atoms with E-state index < -0.39 is 0 Å². The van der Waals surface area contributed by atoms with Gasteiger partial charge >= 0.3 is 0 Å². The van der Waals surface area contributed by atoms with Crippen molar-refractivity contribution in [2.45, 2.75) is 0 Å². The van der Waals surface area contributed by atoms with Crippen LogP contribution in [0.5, 0.6) is 0 Å². The Morgan fingerprint density at radius 1 is 0.283 bits per heavy atom. The fourth-order valence-electron chi connectivity index (χ4n) is 9.06. The zero-order valence-corrected chi connectivity index (χ0v) is 32.4. The third-order valence-corrected chi connectivity index (χ3v) is 11.8. The molecule has 0 aliphatic heterocycles. The van der Waals surface area contributed by atoms with E-state index in [0.29, 0.717) is 17.6 Å². The van der Waals surface area contributed by atoms with Crippen molar-refractivity contribution in [1.29, 1.82) is 0 Å². The first-order chi connectivity index (χ1) is 29.8. The van der Waals surface area contributed by atoms with Crippen molar-refractivity contribution >= 4 is 54.4 Å². The number of hydrogen-bond acceptors (Lipinski definition) is 3. The highest BCUT2D eigenvalue weighted by atomic mass is 15.2. The summed E-state index contributed by atoms with van der Waals surface area (Å²) in [6, 6.07) is 75.0. The zero-order valence-electron chi connectivity index (χ0n) is 32.4. The van der Waals surface area contributed by atoms with Crippen LogP contribution in [-0.2, 0) is 0 Å². The van der Waals surface area contributed by atoms with Crippen molar-refractivity contribution in [1.82, 2.24) is 24.1 Å². The second-order valence-corrected chi connectivity index (χ2v) is 15.2. The lowest BCUT2D eigenvalue weighted by Crippen LogP contribution is -2.06. The fraction of sp³-hybridized carbons (Fsp3) is 0. The topological polar surface area (TPSA) is 48.5 Å². The van der Waals surface area contributed by atoms with Gasteiger partial charge in [0.15, 0.2) is 11.6 Å². The zero-order chi connectivity index (χ0) is 39.6. The van der Waals surface area contributed by atoms with Gasteiger partial charge in [0.1, 0.15) is 0 Å². The molecule has 0 amide bonds. The van der Waals surface area contributed by atoms with Gasteiger partial charge in [0.05, 0.1) is 22.1 Å². The molecule has 0 unspecified atom stereocenters. The van der Waals surface area contributed by atoms with Crippen molar-refractivity contribution in [2.24, 2.45) is 0 Å². The number of para-hydroxylation sites is 1. The minimum absolute atomic E-state index is 0.567. The van der Waals surface area contributed by atoms with E-state index in [4.69, 9.17) is 15.0 Å². The number of aromatic nitrogens is 5. The van der Waals surface area contributed by atoms with Crippen LogP contribution in [0, 0.1) is 0 Å². The molecule has 0 radical (unpaired) electrons. The molecule has 0 saturated heterocycles. The number of fused-ring (bicyclic) bond motifs is 9. The molecule has 0 spiro atoms. The van der Waals surface area contributed by atoms with Gasteiger partial charge in [0.25, 0.3) is 0 Å². The van der Waals surface area contributed by atoms with Crippen LogP contribution in [-0.4, -0.2) is 24.1 Å². The monoisotopic (exact) mass is 765 g/mol. The second kappa shape index (κ2) is 13.8. The Morgan fingerprint density at radius 2 is 0.783 bits per heavy atom. The van der Waals surface area contributed by atoms with E-state index in [1.54, 1.807) is 0 Å². The van der Waals surface area contributed by atoms with Gasteiger partial charge < -0.3 is 4.57 Å². The van der Waals surface area contributed by atoms with Crippen molar-refractivity contribution in [3.8, 4) is 56.7 Å². The highest BCUT2D eigenvalue weighted by Gasteiger charge is 2.24. The summed E-state index contributed by atoms with van der Waals surface area (Å²) in [7, 11) is 0. The van der Waals surface area contributed by atoms with Crippen molar-refractivity contribution in [3.63, 3.8) is 0 Å². The first-order valence-corrected chi connectivity index (χ1v) is 20.3. The Hall–Kier alpha value is -8.15. The standard InChI is InChI=1S/C55H35N5/c1-4-16-36(17-5-1)40-23-14-25-42(34-40)54-56-53(39-21-8-3-9-22-39)57-55(58-54)60-48-31-30-38-20-10-11-27-44(38)50(48)52-49(60)33-32-47-51(52)45-28-12-13-29-46(45)59(47)43-26-15-24-41(35-43)37-18-6-2-7-19-37/h1-35H. The van der Waals surface area contributed by atoms with E-state index in [1.807, 2.05) is 24.3 Å². The van der Waals surface area contributed by atoms with Gasteiger partial charge in [-0.05, 0) is 75.5 Å². The first-order valence-electron chi connectivity index (χ1n) is 20.3. The lowest BCUT2D eigenvalue weighted by molar-refractivity contribution is 0.954. The maximum Gasteiger partial charge on any atom is 0.238 e. The number of nitrogens with zero attached hydrogens (tertiary/aromatic N) is 5. The smallest absolute Gasteiger partial charge is 0.238 e. The Bertz CT molecular complexity index is 3590. The van der Waals surface area contributed by atoms with Crippen LogP contribution in [0.15, 0.2) is 212 Å². The maximum atomic E-state index is 5.36. The molecule has 5 nitrogen and oxygen atoms in total. The van der Waals surface area contributed by atoms with Crippen molar-refractivity contribution in [3.05, 3.63) is 212 Å². The normalized spacial score (nSPS) is 11.7. The molecule has 0 saturated carbocycles. The molecule has 0 aliphatic rings. The van der Waals surface area contributed by atoms with Crippen LogP contribution in [0.1, 0.15) is 0 Å². The molecule has 5 heteroatoms. The first kappa shape index (κ1) is 33.9. The summed E-state index contributed by atoms with van der Waals surface area (Å²) in [5, 5.41) is 7.09. The van der Waals surface area contributed by atoms with E-state index in [9.17, 15) is 0 Å².